The van der Waals surface area contributed by atoms with E-state index in [-0.39, 0.29) is 23.7 Å². The zero-order chi connectivity index (χ0) is 22.7. The molecule has 0 bridgehead atoms. The summed E-state index contributed by atoms with van der Waals surface area (Å²) in [5.41, 5.74) is 3.02. The molecule has 0 aliphatic carbocycles. The molecule has 1 aliphatic heterocycles. The van der Waals surface area contributed by atoms with Gasteiger partial charge in [-0.25, -0.2) is 4.98 Å². The summed E-state index contributed by atoms with van der Waals surface area (Å²) in [7, 11) is 0. The highest BCUT2D eigenvalue weighted by atomic mass is 32.1. The zero-order valence-electron chi connectivity index (χ0n) is 18.8. The third-order valence-electron chi connectivity index (χ3n) is 6.25. The molecule has 0 unspecified atom stereocenters. The number of likely N-dealkylation sites (tertiary alicyclic amines) is 1. The van der Waals surface area contributed by atoms with Crippen molar-refractivity contribution >= 4 is 23.2 Å². The molecule has 0 saturated carbocycles. The van der Waals surface area contributed by atoms with Crippen LogP contribution in [0.5, 0.6) is 0 Å². The molecule has 1 saturated heterocycles. The van der Waals surface area contributed by atoms with Crippen LogP contribution in [0.4, 0.5) is 0 Å². The van der Waals surface area contributed by atoms with Crippen LogP contribution in [0.3, 0.4) is 0 Å². The third kappa shape index (κ3) is 4.93. The van der Waals surface area contributed by atoms with Crippen LogP contribution in [-0.4, -0.2) is 34.8 Å². The molecule has 1 N–H and O–H groups in total. The van der Waals surface area contributed by atoms with Crippen LogP contribution in [0.15, 0.2) is 47.1 Å². The number of carbonyl (C=O) groups is 2. The molecule has 1 aromatic carbocycles. The third-order valence-corrected chi connectivity index (χ3v) is 7.45. The van der Waals surface area contributed by atoms with Gasteiger partial charge in [-0.15, -0.1) is 11.3 Å². The summed E-state index contributed by atoms with van der Waals surface area (Å²) in [5.74, 6) is 0.997. The number of aryl methyl sites for hydroxylation is 2. The number of nitrogens with one attached hydrogen (secondary N) is 1. The Kier molecular flexibility index (Phi) is 6.74. The molecule has 0 spiro atoms. The fraction of sp³-hybridized carbons (Fsp3) is 0.400. The predicted octanol–water partition coefficient (Wildman–Crippen LogP) is 4.82. The van der Waals surface area contributed by atoms with Crippen LogP contribution in [0.2, 0.25) is 0 Å². The normalized spacial score (nSPS) is 15.5. The molecule has 1 atom stereocenters. The summed E-state index contributed by atoms with van der Waals surface area (Å²) in [6, 6.07) is 11.9. The fourth-order valence-corrected chi connectivity index (χ4v) is 5.16. The van der Waals surface area contributed by atoms with Gasteiger partial charge in [-0.2, -0.15) is 0 Å². The number of furan rings is 1. The Morgan fingerprint density at radius 2 is 1.91 bits per heavy atom. The second-order valence-electron chi connectivity index (χ2n) is 8.52. The molecule has 6 nitrogen and oxygen atoms in total. The number of hydrogen-bond acceptors (Lipinski definition) is 5. The number of aromatic nitrogens is 1. The van der Waals surface area contributed by atoms with Crippen LogP contribution in [0.25, 0.3) is 10.6 Å². The van der Waals surface area contributed by atoms with Crippen molar-refractivity contribution in [3.63, 3.8) is 0 Å². The van der Waals surface area contributed by atoms with Crippen LogP contribution in [-0.2, 0) is 11.3 Å². The van der Waals surface area contributed by atoms with Crippen LogP contribution < -0.4 is 5.32 Å². The summed E-state index contributed by atoms with van der Waals surface area (Å²) in [5, 5.41) is 3.83. The average Bonchev–Trinajstić information content (AvgIpc) is 3.47. The number of nitrogens with zero attached hydrogens (tertiary/aromatic N) is 2. The molecule has 2 aromatic heterocycles. The molecular weight excluding hydrogens is 422 g/mol. The number of thiazole rings is 1. The molecule has 168 valence electrons. The van der Waals surface area contributed by atoms with E-state index >= 15 is 0 Å². The Balaban J connectivity index is 1.33. The minimum Gasteiger partial charge on any atom is -0.467 e. The van der Waals surface area contributed by atoms with Crippen molar-refractivity contribution in [2.24, 2.45) is 11.8 Å². The van der Waals surface area contributed by atoms with Crippen molar-refractivity contribution in [2.45, 2.75) is 40.2 Å². The van der Waals surface area contributed by atoms with Crippen LogP contribution in [0.1, 0.15) is 46.5 Å². The first-order chi connectivity index (χ1) is 15.4. The first-order valence-electron chi connectivity index (χ1n) is 11.1. The van der Waals surface area contributed by atoms with Crippen molar-refractivity contribution in [3.8, 4) is 10.6 Å². The van der Waals surface area contributed by atoms with Crippen molar-refractivity contribution < 1.29 is 14.0 Å². The number of piperidine rings is 1. The molecule has 3 heterocycles. The van der Waals surface area contributed by atoms with Crippen molar-refractivity contribution in [1.82, 2.24) is 15.2 Å². The number of rotatable bonds is 6. The van der Waals surface area contributed by atoms with E-state index in [1.165, 1.54) is 16.9 Å². The monoisotopic (exact) mass is 451 g/mol. The number of hydrogen-bond donors (Lipinski definition) is 1. The summed E-state index contributed by atoms with van der Waals surface area (Å²) in [4.78, 5) is 33.0. The lowest BCUT2D eigenvalue weighted by atomic mass is 9.85. The van der Waals surface area contributed by atoms with Gasteiger partial charge in [-0.05, 0) is 44.7 Å². The second-order valence-corrected chi connectivity index (χ2v) is 9.51. The van der Waals surface area contributed by atoms with Crippen LogP contribution >= 0.6 is 11.3 Å². The van der Waals surface area contributed by atoms with Crippen molar-refractivity contribution in [1.29, 1.82) is 0 Å². The van der Waals surface area contributed by atoms with Gasteiger partial charge in [0.05, 0.1) is 18.5 Å². The molecule has 2 amide bonds. The molecule has 0 radical (unpaired) electrons. The number of carbonyl (C=O) groups excluding carboxylic acids is 2. The minimum absolute atomic E-state index is 0.0345. The first kappa shape index (κ1) is 22.3. The maximum atomic E-state index is 13.2. The number of benzene rings is 1. The quantitative estimate of drug-likeness (QED) is 0.583. The molecule has 4 rings (SSSR count). The number of amides is 2. The Morgan fingerprint density at radius 3 is 2.56 bits per heavy atom. The van der Waals surface area contributed by atoms with Crippen molar-refractivity contribution in [3.05, 3.63) is 64.6 Å². The largest absolute Gasteiger partial charge is 0.467 e. The Hall–Kier alpha value is -2.93. The van der Waals surface area contributed by atoms with Gasteiger partial charge in [0, 0.05) is 24.6 Å². The van der Waals surface area contributed by atoms with Crippen molar-refractivity contribution in [2.75, 3.05) is 13.1 Å². The SMILES string of the molecule is Cc1ccc(-c2nc(C)c(C(=O)N3CCC([C@@H](C)C(=O)NCc4ccco4)CC3)s2)cc1. The molecule has 3 aromatic rings. The zero-order valence-corrected chi connectivity index (χ0v) is 19.6. The maximum Gasteiger partial charge on any atom is 0.265 e. The van der Waals surface area contributed by atoms with E-state index in [9.17, 15) is 9.59 Å². The van der Waals surface area contributed by atoms with E-state index in [1.54, 1.807) is 6.26 Å². The summed E-state index contributed by atoms with van der Waals surface area (Å²) in [6.07, 6.45) is 3.25. The Labute approximate surface area is 192 Å². The molecule has 1 aliphatic rings. The second kappa shape index (κ2) is 9.69. The lowest BCUT2D eigenvalue weighted by Crippen LogP contribution is -2.42. The molecular formula is C25H29N3O3S. The van der Waals surface area contributed by atoms with Gasteiger partial charge in [-0.1, -0.05) is 36.8 Å². The minimum atomic E-state index is -0.0968. The summed E-state index contributed by atoms with van der Waals surface area (Å²) >= 11 is 1.46. The Morgan fingerprint density at radius 1 is 1.19 bits per heavy atom. The van der Waals surface area contributed by atoms with E-state index in [4.69, 9.17) is 4.42 Å². The molecule has 32 heavy (non-hydrogen) atoms. The maximum absolute atomic E-state index is 13.2. The highest BCUT2D eigenvalue weighted by Crippen LogP contribution is 2.31. The van der Waals surface area contributed by atoms with Gasteiger partial charge >= 0.3 is 0 Å². The van der Waals surface area contributed by atoms with Gasteiger partial charge in [0.2, 0.25) is 5.91 Å². The fourth-order valence-electron chi connectivity index (χ4n) is 4.12. The molecule has 1 fully saturated rings. The standard InChI is InChI=1S/C25H29N3O3S/c1-16-6-8-20(9-7-16)24-27-18(3)22(32-24)25(30)28-12-10-19(11-13-28)17(2)23(29)26-15-21-5-4-14-31-21/h4-9,14,17,19H,10-13,15H2,1-3H3,(H,26,29)/t17-/m1/s1. The van der Waals surface area contributed by atoms with Gasteiger partial charge in [-0.3, -0.25) is 9.59 Å². The lowest BCUT2D eigenvalue weighted by Gasteiger charge is -2.34. The topological polar surface area (TPSA) is 75.4 Å². The first-order valence-corrected chi connectivity index (χ1v) is 11.9. The van der Waals surface area contributed by atoms with E-state index < -0.39 is 0 Å². The average molecular weight is 452 g/mol. The van der Waals surface area contributed by atoms with Gasteiger partial charge in [0.1, 0.15) is 15.6 Å². The summed E-state index contributed by atoms with van der Waals surface area (Å²) in [6.45, 7) is 7.66. The highest BCUT2D eigenvalue weighted by molar-refractivity contribution is 7.17. The highest BCUT2D eigenvalue weighted by Gasteiger charge is 2.31. The van der Waals surface area contributed by atoms with Gasteiger partial charge < -0.3 is 14.6 Å². The molecule has 7 heteroatoms. The Bertz CT molecular complexity index is 1060. The van der Waals surface area contributed by atoms with E-state index in [2.05, 4.69) is 29.4 Å². The predicted molar refractivity (Wildman–Crippen MR) is 125 cm³/mol. The van der Waals surface area contributed by atoms with Crippen LogP contribution in [0, 0.1) is 25.7 Å². The lowest BCUT2D eigenvalue weighted by molar-refractivity contribution is -0.126. The van der Waals surface area contributed by atoms with Gasteiger partial charge in [0.15, 0.2) is 0 Å². The summed E-state index contributed by atoms with van der Waals surface area (Å²) < 4.78 is 5.27. The smallest absolute Gasteiger partial charge is 0.265 e. The van der Waals surface area contributed by atoms with E-state index in [0.717, 1.165) is 34.9 Å². The van der Waals surface area contributed by atoms with E-state index in [1.807, 2.05) is 43.0 Å². The van der Waals surface area contributed by atoms with E-state index in [0.29, 0.717) is 24.5 Å². The van der Waals surface area contributed by atoms with Gasteiger partial charge in [0.25, 0.3) is 5.91 Å².